The first kappa shape index (κ1) is 8.99. The van der Waals surface area contributed by atoms with Crippen LogP contribution in [0, 0.1) is 0 Å². The molecule has 0 bridgehead atoms. The van der Waals surface area contributed by atoms with Gasteiger partial charge in [0.05, 0.1) is 6.61 Å². The largest absolute Gasteiger partial charge is 0.464 e. The lowest BCUT2D eigenvalue weighted by Crippen LogP contribution is -2.28. The standard InChI is InChI=1S/C10H12N2O2/c1-2-14-10(13)9-5-7-6-11-4-3-8(7)12-9/h3-4,6,9,12H,2,5H2,1H3. The van der Waals surface area contributed by atoms with Crippen LogP contribution >= 0.6 is 0 Å². The summed E-state index contributed by atoms with van der Waals surface area (Å²) in [4.78, 5) is 15.4. The lowest BCUT2D eigenvalue weighted by molar-refractivity contribution is -0.143. The molecular formula is C10H12N2O2. The number of hydrogen-bond acceptors (Lipinski definition) is 4. The number of carbonyl (C=O) groups is 1. The number of fused-ring (bicyclic) bond motifs is 1. The van der Waals surface area contributed by atoms with Gasteiger partial charge in [0.15, 0.2) is 0 Å². The van der Waals surface area contributed by atoms with Crippen LogP contribution < -0.4 is 5.32 Å². The van der Waals surface area contributed by atoms with Gasteiger partial charge in [-0.3, -0.25) is 4.98 Å². The Kier molecular flexibility index (Phi) is 2.35. The number of anilines is 1. The minimum absolute atomic E-state index is 0.191. The van der Waals surface area contributed by atoms with Gasteiger partial charge >= 0.3 is 5.97 Å². The van der Waals surface area contributed by atoms with Gasteiger partial charge in [0.25, 0.3) is 0 Å². The highest BCUT2D eigenvalue weighted by molar-refractivity contribution is 5.82. The number of nitrogens with one attached hydrogen (secondary N) is 1. The van der Waals surface area contributed by atoms with Gasteiger partial charge in [-0.25, -0.2) is 4.79 Å². The lowest BCUT2D eigenvalue weighted by Gasteiger charge is -2.09. The highest BCUT2D eigenvalue weighted by atomic mass is 16.5. The highest BCUT2D eigenvalue weighted by Gasteiger charge is 2.27. The molecule has 14 heavy (non-hydrogen) atoms. The van der Waals surface area contributed by atoms with Gasteiger partial charge in [-0.1, -0.05) is 0 Å². The number of rotatable bonds is 2. The van der Waals surface area contributed by atoms with E-state index in [9.17, 15) is 4.79 Å². The molecular weight excluding hydrogens is 180 g/mol. The Labute approximate surface area is 82.3 Å². The van der Waals surface area contributed by atoms with Gasteiger partial charge in [0.1, 0.15) is 6.04 Å². The average molecular weight is 192 g/mol. The predicted molar refractivity (Wildman–Crippen MR) is 52.0 cm³/mol. The van der Waals surface area contributed by atoms with Crippen molar-refractivity contribution in [3.05, 3.63) is 24.0 Å². The van der Waals surface area contributed by atoms with Gasteiger partial charge in [0, 0.05) is 24.5 Å². The number of hydrogen-bond donors (Lipinski definition) is 1. The molecule has 4 heteroatoms. The number of aromatic nitrogens is 1. The molecule has 0 fully saturated rings. The number of ether oxygens (including phenoxy) is 1. The van der Waals surface area contributed by atoms with Crippen molar-refractivity contribution in [1.82, 2.24) is 4.98 Å². The monoisotopic (exact) mass is 192 g/mol. The quantitative estimate of drug-likeness (QED) is 0.710. The molecule has 0 saturated carbocycles. The molecule has 4 nitrogen and oxygen atoms in total. The zero-order valence-corrected chi connectivity index (χ0v) is 7.99. The van der Waals surface area contributed by atoms with Crippen LogP contribution in [0.3, 0.4) is 0 Å². The molecule has 2 rings (SSSR count). The summed E-state index contributed by atoms with van der Waals surface area (Å²) >= 11 is 0. The first-order valence-corrected chi connectivity index (χ1v) is 4.67. The van der Waals surface area contributed by atoms with E-state index in [0.29, 0.717) is 13.0 Å². The summed E-state index contributed by atoms with van der Waals surface area (Å²) in [7, 11) is 0. The van der Waals surface area contributed by atoms with E-state index < -0.39 is 0 Å². The minimum Gasteiger partial charge on any atom is -0.464 e. The van der Waals surface area contributed by atoms with E-state index in [2.05, 4.69) is 10.3 Å². The third-order valence-corrected chi connectivity index (χ3v) is 2.23. The van der Waals surface area contributed by atoms with Crippen molar-refractivity contribution in [2.75, 3.05) is 11.9 Å². The van der Waals surface area contributed by atoms with Crippen LogP contribution in [0.15, 0.2) is 18.5 Å². The minimum atomic E-state index is -0.242. The summed E-state index contributed by atoms with van der Waals surface area (Å²) in [5.41, 5.74) is 2.06. The number of pyridine rings is 1. The van der Waals surface area contributed by atoms with Crippen LogP contribution in [-0.2, 0) is 16.0 Å². The van der Waals surface area contributed by atoms with Crippen LogP contribution in [0.1, 0.15) is 12.5 Å². The van der Waals surface area contributed by atoms with Crippen molar-refractivity contribution >= 4 is 11.7 Å². The Bertz CT molecular complexity index is 327. The molecule has 0 spiro atoms. The molecule has 1 atom stereocenters. The van der Waals surface area contributed by atoms with Crippen LogP contribution in [-0.4, -0.2) is 23.6 Å². The summed E-state index contributed by atoms with van der Waals surface area (Å²) in [6.45, 7) is 2.23. The van der Waals surface area contributed by atoms with E-state index in [1.54, 1.807) is 12.4 Å². The second kappa shape index (κ2) is 3.65. The van der Waals surface area contributed by atoms with E-state index in [1.165, 1.54) is 0 Å². The topological polar surface area (TPSA) is 51.2 Å². The van der Waals surface area contributed by atoms with Gasteiger partial charge in [-0.15, -0.1) is 0 Å². The maximum absolute atomic E-state index is 11.4. The fourth-order valence-corrected chi connectivity index (χ4v) is 1.57. The number of carbonyl (C=O) groups excluding carboxylic acids is 1. The molecule has 1 unspecified atom stereocenters. The zero-order chi connectivity index (χ0) is 9.97. The van der Waals surface area contributed by atoms with E-state index >= 15 is 0 Å². The van der Waals surface area contributed by atoms with Crippen molar-refractivity contribution in [3.63, 3.8) is 0 Å². The van der Waals surface area contributed by atoms with Gasteiger partial charge in [0.2, 0.25) is 0 Å². The molecule has 0 amide bonds. The van der Waals surface area contributed by atoms with E-state index in [-0.39, 0.29) is 12.0 Å². The molecule has 0 aromatic carbocycles. The maximum Gasteiger partial charge on any atom is 0.328 e. The summed E-state index contributed by atoms with van der Waals surface area (Å²) in [6.07, 6.45) is 4.16. The Hall–Kier alpha value is -1.58. The third kappa shape index (κ3) is 1.55. The highest BCUT2D eigenvalue weighted by Crippen LogP contribution is 2.24. The third-order valence-electron chi connectivity index (χ3n) is 2.23. The summed E-state index contributed by atoms with van der Waals surface area (Å²) in [5, 5.41) is 3.10. The fourth-order valence-electron chi connectivity index (χ4n) is 1.57. The normalized spacial score (nSPS) is 18.5. The first-order chi connectivity index (χ1) is 6.81. The SMILES string of the molecule is CCOC(=O)C1Cc2cnccc2N1. The Morgan fingerprint density at radius 1 is 1.79 bits per heavy atom. The summed E-state index contributed by atoms with van der Waals surface area (Å²) in [6, 6.07) is 1.63. The number of nitrogens with zero attached hydrogens (tertiary/aromatic N) is 1. The smallest absolute Gasteiger partial charge is 0.328 e. The van der Waals surface area contributed by atoms with Crippen molar-refractivity contribution < 1.29 is 9.53 Å². The zero-order valence-electron chi connectivity index (χ0n) is 7.99. The molecule has 1 aromatic heterocycles. The number of esters is 1. The second-order valence-corrected chi connectivity index (χ2v) is 3.19. The van der Waals surface area contributed by atoms with Crippen LogP contribution in [0.4, 0.5) is 5.69 Å². The fraction of sp³-hybridized carbons (Fsp3) is 0.400. The molecule has 0 aliphatic carbocycles. The van der Waals surface area contributed by atoms with Crippen molar-refractivity contribution in [2.24, 2.45) is 0 Å². The molecule has 2 heterocycles. The maximum atomic E-state index is 11.4. The van der Waals surface area contributed by atoms with Gasteiger partial charge in [-0.05, 0) is 18.6 Å². The average Bonchev–Trinajstić information content (AvgIpc) is 2.61. The molecule has 1 aromatic rings. The van der Waals surface area contributed by atoms with Gasteiger partial charge in [-0.2, -0.15) is 0 Å². The molecule has 0 radical (unpaired) electrons. The Balaban J connectivity index is 2.08. The van der Waals surface area contributed by atoms with Crippen LogP contribution in [0.25, 0.3) is 0 Å². The van der Waals surface area contributed by atoms with Crippen molar-refractivity contribution in [2.45, 2.75) is 19.4 Å². The van der Waals surface area contributed by atoms with Crippen molar-refractivity contribution in [1.29, 1.82) is 0 Å². The Morgan fingerprint density at radius 2 is 2.64 bits per heavy atom. The molecule has 1 aliphatic heterocycles. The van der Waals surface area contributed by atoms with Crippen LogP contribution in [0.5, 0.6) is 0 Å². The van der Waals surface area contributed by atoms with E-state index in [4.69, 9.17) is 4.74 Å². The van der Waals surface area contributed by atoms with E-state index in [0.717, 1.165) is 11.3 Å². The second-order valence-electron chi connectivity index (χ2n) is 3.19. The molecule has 1 aliphatic rings. The van der Waals surface area contributed by atoms with E-state index in [1.807, 2.05) is 13.0 Å². The first-order valence-electron chi connectivity index (χ1n) is 4.67. The van der Waals surface area contributed by atoms with Crippen molar-refractivity contribution in [3.8, 4) is 0 Å². The van der Waals surface area contributed by atoms with Crippen LogP contribution in [0.2, 0.25) is 0 Å². The molecule has 74 valence electrons. The summed E-state index contributed by atoms with van der Waals surface area (Å²) < 4.78 is 4.94. The predicted octanol–water partition coefficient (Wildman–Crippen LogP) is 0.981. The lowest BCUT2D eigenvalue weighted by atomic mass is 10.1. The molecule has 1 N–H and O–H groups in total. The molecule has 0 saturated heterocycles. The van der Waals surface area contributed by atoms with Gasteiger partial charge < -0.3 is 10.1 Å². The Morgan fingerprint density at radius 3 is 3.36 bits per heavy atom. The summed E-state index contributed by atoms with van der Waals surface area (Å²) in [5.74, 6) is -0.191.